The minimum atomic E-state index is -2.93. The maximum absolute atomic E-state index is 12.9. The van der Waals surface area contributed by atoms with Crippen LogP contribution in [0.1, 0.15) is 28.8 Å². The fourth-order valence-electron chi connectivity index (χ4n) is 3.99. The molecule has 2 heterocycles. The van der Waals surface area contributed by atoms with Gasteiger partial charge in [-0.3, -0.25) is 9.69 Å². The Hall–Kier alpha value is -1.83. The summed E-state index contributed by atoms with van der Waals surface area (Å²) in [5.74, 6) is 0.378. The van der Waals surface area contributed by atoms with Crippen LogP contribution in [0, 0.1) is 0 Å². The monoisotopic (exact) mass is 430 g/mol. The molecule has 0 spiro atoms. The number of rotatable bonds is 6. The van der Waals surface area contributed by atoms with Gasteiger partial charge in [0.1, 0.15) is 0 Å². The van der Waals surface area contributed by atoms with E-state index in [9.17, 15) is 13.2 Å². The quantitative estimate of drug-likeness (QED) is 0.763. The highest BCUT2D eigenvalue weighted by Crippen LogP contribution is 2.33. The molecule has 0 radical (unpaired) electrons. The molecule has 2 unspecified atom stereocenters. The number of carbonyl (C=O) groups excluding carboxylic acids is 1. The highest BCUT2D eigenvalue weighted by atomic mass is 32.2. The summed E-state index contributed by atoms with van der Waals surface area (Å²) in [7, 11) is -2.93. The van der Waals surface area contributed by atoms with Crippen molar-refractivity contribution >= 4 is 27.5 Å². The summed E-state index contributed by atoms with van der Waals surface area (Å²) in [6.45, 7) is 2.71. The van der Waals surface area contributed by atoms with E-state index in [0.717, 1.165) is 31.0 Å². The molecule has 0 aromatic heterocycles. The molecule has 2 aromatic carbocycles. The van der Waals surface area contributed by atoms with Crippen molar-refractivity contribution in [2.45, 2.75) is 35.6 Å². The Bertz CT molecular complexity index is 963. The first kappa shape index (κ1) is 20.4. The summed E-state index contributed by atoms with van der Waals surface area (Å²) in [6.07, 6.45) is 1.59. The number of thioether (sulfide) groups is 1. The molecule has 2 aliphatic rings. The second-order valence-electron chi connectivity index (χ2n) is 7.82. The number of benzene rings is 2. The van der Waals surface area contributed by atoms with Crippen LogP contribution in [0.5, 0.6) is 0 Å². The minimum Gasteiger partial charge on any atom is -0.348 e. The van der Waals surface area contributed by atoms with Gasteiger partial charge in [-0.15, -0.1) is 11.8 Å². The Morgan fingerprint density at radius 2 is 1.83 bits per heavy atom. The average molecular weight is 431 g/mol. The SMILES string of the molecule is O=C(NC1CCN(Cc2ccccc2)C1)c1ccccc1SC1CCS(=O)(=O)C1. The number of carbonyl (C=O) groups is 1. The van der Waals surface area contributed by atoms with E-state index >= 15 is 0 Å². The number of hydrogen-bond donors (Lipinski definition) is 1. The Balaban J connectivity index is 1.35. The molecule has 1 amide bonds. The second kappa shape index (κ2) is 8.90. The molecule has 1 N–H and O–H groups in total. The van der Waals surface area contributed by atoms with Gasteiger partial charge in [0.15, 0.2) is 9.84 Å². The summed E-state index contributed by atoms with van der Waals surface area (Å²) in [6, 6.07) is 18.0. The number of sulfone groups is 1. The van der Waals surface area contributed by atoms with Gasteiger partial charge < -0.3 is 5.32 Å². The molecule has 7 heteroatoms. The lowest BCUT2D eigenvalue weighted by atomic mass is 10.2. The van der Waals surface area contributed by atoms with Crippen molar-refractivity contribution in [3.8, 4) is 0 Å². The third kappa shape index (κ3) is 5.41. The number of likely N-dealkylation sites (tertiary alicyclic amines) is 1. The lowest BCUT2D eigenvalue weighted by molar-refractivity contribution is 0.0934. The lowest BCUT2D eigenvalue weighted by Crippen LogP contribution is -2.37. The van der Waals surface area contributed by atoms with Crippen molar-refractivity contribution in [1.29, 1.82) is 0 Å². The van der Waals surface area contributed by atoms with E-state index < -0.39 is 9.84 Å². The van der Waals surface area contributed by atoms with Crippen LogP contribution < -0.4 is 5.32 Å². The maximum Gasteiger partial charge on any atom is 0.252 e. The third-order valence-electron chi connectivity index (χ3n) is 5.47. The summed E-state index contributed by atoms with van der Waals surface area (Å²) < 4.78 is 23.5. The zero-order chi connectivity index (χ0) is 20.3. The first-order chi connectivity index (χ1) is 14.0. The van der Waals surface area contributed by atoms with E-state index in [0.29, 0.717) is 12.0 Å². The zero-order valence-electron chi connectivity index (χ0n) is 16.3. The highest BCUT2D eigenvalue weighted by Gasteiger charge is 2.30. The number of hydrogen-bond acceptors (Lipinski definition) is 5. The van der Waals surface area contributed by atoms with E-state index in [1.165, 1.54) is 17.3 Å². The molecule has 4 rings (SSSR count). The van der Waals surface area contributed by atoms with Gasteiger partial charge in [-0.05, 0) is 30.5 Å². The molecule has 2 fully saturated rings. The standard InChI is InChI=1S/C22H26N2O3S2/c25-22(23-18-10-12-24(15-18)14-17-6-2-1-3-7-17)20-8-4-5-9-21(20)28-19-11-13-29(26,27)16-19/h1-9,18-19H,10-16H2,(H,23,25). The van der Waals surface area contributed by atoms with Crippen LogP contribution in [0.2, 0.25) is 0 Å². The van der Waals surface area contributed by atoms with Gasteiger partial charge in [0, 0.05) is 35.8 Å². The van der Waals surface area contributed by atoms with E-state index in [-0.39, 0.29) is 28.7 Å². The molecule has 0 saturated carbocycles. The van der Waals surface area contributed by atoms with Gasteiger partial charge in [-0.25, -0.2) is 8.42 Å². The van der Waals surface area contributed by atoms with E-state index in [2.05, 4.69) is 34.5 Å². The largest absolute Gasteiger partial charge is 0.348 e. The first-order valence-corrected chi connectivity index (χ1v) is 12.7. The molecule has 0 aliphatic carbocycles. The minimum absolute atomic E-state index is 0.0294. The van der Waals surface area contributed by atoms with Crippen LogP contribution in [0.4, 0.5) is 0 Å². The summed E-state index contributed by atoms with van der Waals surface area (Å²) in [4.78, 5) is 16.2. The molecule has 2 aliphatic heterocycles. The Labute approximate surface area is 176 Å². The van der Waals surface area contributed by atoms with Crippen molar-refractivity contribution in [1.82, 2.24) is 10.2 Å². The van der Waals surface area contributed by atoms with Crippen LogP contribution in [-0.4, -0.2) is 55.1 Å². The molecule has 29 heavy (non-hydrogen) atoms. The summed E-state index contributed by atoms with van der Waals surface area (Å²) in [5, 5.41) is 3.21. The molecule has 2 aromatic rings. The first-order valence-electron chi connectivity index (χ1n) is 10.0. The van der Waals surface area contributed by atoms with Crippen molar-refractivity contribution < 1.29 is 13.2 Å². The van der Waals surface area contributed by atoms with Gasteiger partial charge in [-0.1, -0.05) is 42.5 Å². The predicted molar refractivity (Wildman–Crippen MR) is 117 cm³/mol. The molecule has 2 saturated heterocycles. The predicted octanol–water partition coefficient (Wildman–Crippen LogP) is 2.97. The Morgan fingerprint density at radius 1 is 1.07 bits per heavy atom. The van der Waals surface area contributed by atoms with Gasteiger partial charge in [-0.2, -0.15) is 0 Å². The van der Waals surface area contributed by atoms with Crippen LogP contribution in [-0.2, 0) is 16.4 Å². The Morgan fingerprint density at radius 3 is 2.59 bits per heavy atom. The average Bonchev–Trinajstić information content (AvgIpc) is 3.28. The van der Waals surface area contributed by atoms with Crippen molar-refractivity contribution in [3.63, 3.8) is 0 Å². The fourth-order valence-corrected chi connectivity index (χ4v) is 7.62. The molecule has 0 bridgehead atoms. The van der Waals surface area contributed by atoms with Crippen molar-refractivity contribution in [2.24, 2.45) is 0 Å². The second-order valence-corrected chi connectivity index (χ2v) is 11.4. The number of nitrogens with one attached hydrogen (secondary N) is 1. The molecular formula is C22H26N2O3S2. The van der Waals surface area contributed by atoms with Crippen LogP contribution in [0.3, 0.4) is 0 Å². The van der Waals surface area contributed by atoms with Crippen LogP contribution >= 0.6 is 11.8 Å². The van der Waals surface area contributed by atoms with E-state index in [1.807, 2.05) is 30.3 Å². The van der Waals surface area contributed by atoms with Crippen molar-refractivity contribution in [3.05, 3.63) is 65.7 Å². The lowest BCUT2D eigenvalue weighted by Gasteiger charge is -2.18. The molecule has 2 atom stereocenters. The molecular weight excluding hydrogens is 404 g/mol. The normalized spacial score (nSPS) is 23.9. The van der Waals surface area contributed by atoms with Gasteiger partial charge in [0.25, 0.3) is 5.91 Å². The molecule has 154 valence electrons. The molecule has 5 nitrogen and oxygen atoms in total. The topological polar surface area (TPSA) is 66.5 Å². The number of amides is 1. The van der Waals surface area contributed by atoms with Crippen LogP contribution in [0.15, 0.2) is 59.5 Å². The van der Waals surface area contributed by atoms with Crippen LogP contribution in [0.25, 0.3) is 0 Å². The maximum atomic E-state index is 12.9. The zero-order valence-corrected chi connectivity index (χ0v) is 17.9. The fraction of sp³-hybridized carbons (Fsp3) is 0.409. The highest BCUT2D eigenvalue weighted by molar-refractivity contribution is 8.02. The van der Waals surface area contributed by atoms with Gasteiger partial charge in [0.2, 0.25) is 0 Å². The van der Waals surface area contributed by atoms with Gasteiger partial charge >= 0.3 is 0 Å². The summed E-state index contributed by atoms with van der Waals surface area (Å²) in [5.41, 5.74) is 1.93. The van der Waals surface area contributed by atoms with Crippen molar-refractivity contribution in [2.75, 3.05) is 24.6 Å². The van der Waals surface area contributed by atoms with E-state index in [4.69, 9.17) is 0 Å². The third-order valence-corrected chi connectivity index (χ3v) is 8.80. The smallest absolute Gasteiger partial charge is 0.252 e. The number of nitrogens with zero attached hydrogens (tertiary/aromatic N) is 1. The Kier molecular flexibility index (Phi) is 6.27. The summed E-state index contributed by atoms with van der Waals surface area (Å²) >= 11 is 1.52. The van der Waals surface area contributed by atoms with Gasteiger partial charge in [0.05, 0.1) is 17.1 Å². The van der Waals surface area contributed by atoms with E-state index in [1.54, 1.807) is 0 Å².